The largest absolute Gasteiger partial charge is 0.392 e. The number of fused-ring (bicyclic) bond motifs is 1. The van der Waals surface area contributed by atoms with Crippen molar-refractivity contribution in [1.82, 2.24) is 14.3 Å². The number of carbonyl (C=O) groups is 1. The zero-order valence-corrected chi connectivity index (χ0v) is 14.6. The van der Waals surface area contributed by atoms with Crippen molar-refractivity contribution in [3.63, 3.8) is 0 Å². The molecule has 6 heteroatoms. The maximum Gasteiger partial charge on any atom is 0.274 e. The molecule has 0 radical (unpaired) electrons. The second-order valence-electron chi connectivity index (χ2n) is 6.07. The molecule has 1 saturated heterocycles. The van der Waals surface area contributed by atoms with Crippen LogP contribution < -0.4 is 0 Å². The molecule has 4 rings (SSSR count). The summed E-state index contributed by atoms with van der Waals surface area (Å²) in [5.41, 5.74) is 4.18. The van der Waals surface area contributed by atoms with E-state index in [2.05, 4.69) is 4.98 Å². The zero-order valence-electron chi connectivity index (χ0n) is 13.8. The molecule has 1 aliphatic rings. The normalized spacial score (nSPS) is 14.8. The summed E-state index contributed by atoms with van der Waals surface area (Å²) >= 11 is 1.88. The van der Waals surface area contributed by atoms with Gasteiger partial charge in [0.05, 0.1) is 6.61 Å². The zero-order chi connectivity index (χ0) is 17.2. The number of hydrogen-bond donors (Lipinski definition) is 1. The average molecular weight is 353 g/mol. The van der Waals surface area contributed by atoms with Crippen molar-refractivity contribution in [2.24, 2.45) is 0 Å². The van der Waals surface area contributed by atoms with Gasteiger partial charge in [0.15, 0.2) is 0 Å². The van der Waals surface area contributed by atoms with E-state index >= 15 is 0 Å². The summed E-state index contributed by atoms with van der Waals surface area (Å²) in [6, 6.07) is 11.7. The summed E-state index contributed by atoms with van der Waals surface area (Å²) in [7, 11) is 0. The molecule has 2 aromatic heterocycles. The molecule has 25 heavy (non-hydrogen) atoms. The van der Waals surface area contributed by atoms with Crippen molar-refractivity contribution in [3.8, 4) is 11.1 Å². The average Bonchev–Trinajstić information content (AvgIpc) is 3.11. The minimum absolute atomic E-state index is 0.00725. The van der Waals surface area contributed by atoms with Crippen LogP contribution in [0.3, 0.4) is 0 Å². The number of amides is 1. The van der Waals surface area contributed by atoms with Crippen molar-refractivity contribution >= 4 is 23.3 Å². The Morgan fingerprint density at radius 2 is 1.96 bits per heavy atom. The molecule has 1 aliphatic heterocycles. The minimum atomic E-state index is 0.00725. The van der Waals surface area contributed by atoms with E-state index in [1.807, 2.05) is 63.7 Å². The predicted molar refractivity (Wildman–Crippen MR) is 99.8 cm³/mol. The number of aromatic nitrogens is 2. The van der Waals surface area contributed by atoms with E-state index in [0.717, 1.165) is 46.9 Å². The number of imidazole rings is 1. The lowest BCUT2D eigenvalue weighted by Crippen LogP contribution is -2.38. The number of aliphatic hydroxyl groups excluding tert-OH is 1. The number of nitrogens with zero attached hydrogens (tertiary/aromatic N) is 3. The van der Waals surface area contributed by atoms with Crippen LogP contribution in [-0.4, -0.2) is 49.9 Å². The fraction of sp³-hybridized carbons (Fsp3) is 0.263. The fourth-order valence-corrected chi connectivity index (χ4v) is 3.95. The molecule has 0 bridgehead atoms. The SMILES string of the molecule is O=C(c1cn2cc(-c3cccc(CO)c3)ccc2n1)N1CCSCC1. The van der Waals surface area contributed by atoms with Crippen molar-refractivity contribution in [2.45, 2.75) is 6.61 Å². The summed E-state index contributed by atoms with van der Waals surface area (Å²) in [6.45, 7) is 1.60. The van der Waals surface area contributed by atoms with Gasteiger partial charge in [0.25, 0.3) is 5.91 Å². The van der Waals surface area contributed by atoms with Crippen molar-refractivity contribution in [1.29, 1.82) is 0 Å². The Bertz CT molecular complexity index is 916. The van der Waals surface area contributed by atoms with Crippen molar-refractivity contribution in [2.75, 3.05) is 24.6 Å². The molecular weight excluding hydrogens is 334 g/mol. The Kier molecular flexibility index (Phi) is 4.46. The van der Waals surface area contributed by atoms with Crippen LogP contribution in [0.2, 0.25) is 0 Å². The number of benzene rings is 1. The lowest BCUT2D eigenvalue weighted by molar-refractivity contribution is 0.0767. The van der Waals surface area contributed by atoms with Gasteiger partial charge < -0.3 is 14.4 Å². The first-order valence-electron chi connectivity index (χ1n) is 8.30. The number of pyridine rings is 1. The van der Waals surface area contributed by atoms with Gasteiger partial charge in [0, 0.05) is 37.0 Å². The van der Waals surface area contributed by atoms with Crippen LogP contribution >= 0.6 is 11.8 Å². The molecule has 0 aliphatic carbocycles. The predicted octanol–water partition coefficient (Wildman–Crippen LogP) is 2.68. The summed E-state index contributed by atoms with van der Waals surface area (Å²) < 4.78 is 1.90. The third-order valence-electron chi connectivity index (χ3n) is 4.41. The number of aliphatic hydroxyl groups is 1. The van der Waals surface area contributed by atoms with E-state index < -0.39 is 0 Å². The highest BCUT2D eigenvalue weighted by atomic mass is 32.2. The quantitative estimate of drug-likeness (QED) is 0.787. The Morgan fingerprint density at radius 3 is 2.76 bits per heavy atom. The first kappa shape index (κ1) is 16.2. The van der Waals surface area contributed by atoms with Crippen LogP contribution in [0, 0.1) is 0 Å². The molecule has 128 valence electrons. The van der Waals surface area contributed by atoms with Crippen LogP contribution in [0.1, 0.15) is 16.1 Å². The highest BCUT2D eigenvalue weighted by molar-refractivity contribution is 7.99. The van der Waals surface area contributed by atoms with E-state index in [9.17, 15) is 9.90 Å². The number of rotatable bonds is 3. The van der Waals surface area contributed by atoms with E-state index in [-0.39, 0.29) is 12.5 Å². The third-order valence-corrected chi connectivity index (χ3v) is 5.35. The smallest absolute Gasteiger partial charge is 0.274 e. The van der Waals surface area contributed by atoms with E-state index in [4.69, 9.17) is 0 Å². The van der Waals surface area contributed by atoms with Crippen molar-refractivity contribution in [3.05, 3.63) is 60.0 Å². The monoisotopic (exact) mass is 353 g/mol. The van der Waals surface area contributed by atoms with E-state index in [0.29, 0.717) is 5.69 Å². The summed E-state index contributed by atoms with van der Waals surface area (Å²) in [4.78, 5) is 19.0. The molecule has 1 fully saturated rings. The van der Waals surface area contributed by atoms with Crippen molar-refractivity contribution < 1.29 is 9.90 Å². The van der Waals surface area contributed by atoms with Crippen LogP contribution in [0.4, 0.5) is 0 Å². The van der Waals surface area contributed by atoms with E-state index in [1.54, 1.807) is 6.20 Å². The van der Waals surface area contributed by atoms with Gasteiger partial charge in [-0.05, 0) is 34.9 Å². The molecule has 1 N–H and O–H groups in total. The highest BCUT2D eigenvalue weighted by Crippen LogP contribution is 2.22. The number of thioether (sulfide) groups is 1. The highest BCUT2D eigenvalue weighted by Gasteiger charge is 2.20. The van der Waals surface area contributed by atoms with Gasteiger partial charge in [-0.1, -0.05) is 18.2 Å². The van der Waals surface area contributed by atoms with Gasteiger partial charge in [-0.3, -0.25) is 4.79 Å². The third kappa shape index (κ3) is 3.27. The van der Waals surface area contributed by atoms with Crippen LogP contribution in [-0.2, 0) is 6.61 Å². The topological polar surface area (TPSA) is 57.8 Å². The Morgan fingerprint density at radius 1 is 1.12 bits per heavy atom. The standard InChI is InChI=1S/C19H19N3O2S/c23-13-14-2-1-3-15(10-14)16-4-5-18-20-17(12-22(18)11-16)19(24)21-6-8-25-9-7-21/h1-5,10-12,23H,6-9,13H2. The molecule has 0 unspecified atom stereocenters. The lowest BCUT2D eigenvalue weighted by atomic mass is 10.1. The molecule has 0 saturated carbocycles. The summed E-state index contributed by atoms with van der Waals surface area (Å²) in [6.07, 6.45) is 3.78. The van der Waals surface area contributed by atoms with Crippen LogP contribution in [0.25, 0.3) is 16.8 Å². The maximum atomic E-state index is 12.6. The van der Waals surface area contributed by atoms with Gasteiger partial charge in [-0.15, -0.1) is 0 Å². The molecule has 1 aromatic carbocycles. The molecule has 1 amide bonds. The first-order valence-corrected chi connectivity index (χ1v) is 9.46. The van der Waals surface area contributed by atoms with Gasteiger partial charge in [-0.2, -0.15) is 11.8 Å². The van der Waals surface area contributed by atoms with Gasteiger partial charge in [0.2, 0.25) is 0 Å². The molecule has 0 atom stereocenters. The number of hydrogen-bond acceptors (Lipinski definition) is 4. The minimum Gasteiger partial charge on any atom is -0.392 e. The molecular formula is C19H19N3O2S. The van der Waals surface area contributed by atoms with Gasteiger partial charge in [-0.25, -0.2) is 4.98 Å². The van der Waals surface area contributed by atoms with Gasteiger partial charge >= 0.3 is 0 Å². The fourth-order valence-electron chi connectivity index (χ4n) is 3.04. The van der Waals surface area contributed by atoms with Crippen LogP contribution in [0.5, 0.6) is 0 Å². The molecule has 0 spiro atoms. The summed E-state index contributed by atoms with van der Waals surface area (Å²) in [5, 5.41) is 9.31. The number of carbonyl (C=O) groups excluding carboxylic acids is 1. The molecule has 3 heterocycles. The molecule has 5 nitrogen and oxygen atoms in total. The maximum absolute atomic E-state index is 12.6. The van der Waals surface area contributed by atoms with Gasteiger partial charge in [0.1, 0.15) is 11.3 Å². The Labute approximate surface area is 150 Å². The Balaban J connectivity index is 1.66. The van der Waals surface area contributed by atoms with Crippen LogP contribution in [0.15, 0.2) is 48.8 Å². The molecule has 3 aromatic rings. The van der Waals surface area contributed by atoms with E-state index in [1.165, 1.54) is 0 Å². The lowest BCUT2D eigenvalue weighted by Gasteiger charge is -2.25. The Hall–Kier alpha value is -2.31. The second kappa shape index (κ2) is 6.90. The first-order chi connectivity index (χ1) is 12.2. The second-order valence-corrected chi connectivity index (χ2v) is 7.30. The summed E-state index contributed by atoms with van der Waals surface area (Å²) in [5.74, 6) is 1.99.